The average Bonchev–Trinajstić information content (AvgIpc) is 3.29. The molecular weight excluding hydrogens is 402 g/mol. The summed E-state index contributed by atoms with van der Waals surface area (Å²) in [6.07, 6.45) is 1.98. The second kappa shape index (κ2) is 8.40. The van der Waals surface area contributed by atoms with Crippen LogP contribution in [0, 0.1) is 0 Å². The molecule has 0 saturated carbocycles. The van der Waals surface area contributed by atoms with Crippen molar-refractivity contribution in [1.29, 1.82) is 0 Å². The van der Waals surface area contributed by atoms with Crippen molar-refractivity contribution in [2.75, 3.05) is 25.1 Å². The first-order chi connectivity index (χ1) is 14.5. The first-order valence-corrected chi connectivity index (χ1v) is 10.4. The number of amides is 2. The van der Waals surface area contributed by atoms with E-state index in [0.29, 0.717) is 48.1 Å². The van der Waals surface area contributed by atoms with Crippen molar-refractivity contribution in [2.24, 2.45) is 7.05 Å². The minimum atomic E-state index is -0.198. The zero-order valence-electron chi connectivity index (χ0n) is 17.1. The number of rotatable bonds is 6. The highest BCUT2D eigenvalue weighted by atomic mass is 35.5. The minimum absolute atomic E-state index is 0.0422. The van der Waals surface area contributed by atoms with E-state index in [1.54, 1.807) is 12.0 Å². The van der Waals surface area contributed by atoms with Crippen LogP contribution >= 0.6 is 11.6 Å². The molecule has 0 atom stereocenters. The lowest BCUT2D eigenvalue weighted by Crippen LogP contribution is -2.31. The highest BCUT2D eigenvalue weighted by Gasteiger charge is 2.31. The molecule has 0 aliphatic carbocycles. The number of methoxy groups -OCH3 is 1. The zero-order chi connectivity index (χ0) is 21.3. The van der Waals surface area contributed by atoms with Crippen molar-refractivity contribution in [1.82, 2.24) is 9.88 Å². The Bertz CT molecular complexity index is 1110. The molecule has 1 saturated heterocycles. The summed E-state index contributed by atoms with van der Waals surface area (Å²) in [5, 5.41) is 4.54. The number of benzene rings is 2. The number of nitrogens with zero attached hydrogens (tertiary/aromatic N) is 2. The van der Waals surface area contributed by atoms with Crippen LogP contribution in [-0.2, 0) is 18.3 Å². The Balaban J connectivity index is 1.66. The number of halogens is 1. The maximum absolute atomic E-state index is 13.2. The Kier molecular flexibility index (Phi) is 5.68. The molecule has 3 aromatic rings. The van der Waals surface area contributed by atoms with E-state index in [4.69, 9.17) is 16.3 Å². The second-order valence-electron chi connectivity index (χ2n) is 7.42. The summed E-state index contributed by atoms with van der Waals surface area (Å²) < 4.78 is 7.23. The molecule has 2 amide bonds. The highest BCUT2D eigenvalue weighted by Crippen LogP contribution is 2.37. The average molecular weight is 426 g/mol. The molecule has 156 valence electrons. The monoisotopic (exact) mass is 425 g/mol. The van der Waals surface area contributed by atoms with E-state index < -0.39 is 0 Å². The number of fused-ring (bicyclic) bond motifs is 1. The molecule has 2 aromatic carbocycles. The summed E-state index contributed by atoms with van der Waals surface area (Å²) in [5.41, 5.74) is 3.13. The predicted octanol–water partition coefficient (Wildman–Crippen LogP) is 3.94. The standard InChI is InChI=1S/C23H24ClN3O3/c1-26-19-10-9-17(30-2)14-18(19)21(27-13-3-4-20(27)28)22(26)23(29)25-12-11-15-5-7-16(24)8-6-15/h5-10,14H,3-4,11-13H2,1-2H3,(H,25,29). The molecule has 4 rings (SSSR count). The minimum Gasteiger partial charge on any atom is -0.497 e. The SMILES string of the molecule is COc1ccc2c(c1)c(N1CCCC1=O)c(C(=O)NCCc1ccc(Cl)cc1)n2C. The maximum Gasteiger partial charge on any atom is 0.270 e. The van der Waals surface area contributed by atoms with Crippen molar-refractivity contribution in [3.63, 3.8) is 0 Å². The molecule has 1 N–H and O–H groups in total. The smallest absolute Gasteiger partial charge is 0.270 e. The van der Waals surface area contributed by atoms with Crippen LogP contribution in [0.5, 0.6) is 5.75 Å². The van der Waals surface area contributed by atoms with E-state index in [-0.39, 0.29) is 11.8 Å². The van der Waals surface area contributed by atoms with Crippen LogP contribution in [0.25, 0.3) is 10.9 Å². The molecule has 0 bridgehead atoms. The van der Waals surface area contributed by atoms with Crippen molar-refractivity contribution >= 4 is 40.0 Å². The molecule has 1 aliphatic heterocycles. The number of aryl methyl sites for hydroxylation is 1. The molecule has 2 heterocycles. The van der Waals surface area contributed by atoms with Gasteiger partial charge < -0.3 is 19.5 Å². The molecular formula is C23H24ClN3O3. The molecule has 0 unspecified atom stereocenters. The number of carbonyl (C=O) groups is 2. The predicted molar refractivity (Wildman–Crippen MR) is 119 cm³/mol. The van der Waals surface area contributed by atoms with E-state index in [1.165, 1.54) is 0 Å². The lowest BCUT2D eigenvalue weighted by Gasteiger charge is -2.18. The number of hydrogen-bond donors (Lipinski definition) is 1. The van der Waals surface area contributed by atoms with Gasteiger partial charge in [-0.2, -0.15) is 0 Å². The van der Waals surface area contributed by atoms with Crippen LogP contribution in [0.15, 0.2) is 42.5 Å². The van der Waals surface area contributed by atoms with E-state index in [1.807, 2.05) is 54.1 Å². The fourth-order valence-corrected chi connectivity index (χ4v) is 4.13. The highest BCUT2D eigenvalue weighted by molar-refractivity contribution is 6.30. The molecule has 0 radical (unpaired) electrons. The summed E-state index contributed by atoms with van der Waals surface area (Å²) >= 11 is 5.93. The summed E-state index contributed by atoms with van der Waals surface area (Å²) in [6, 6.07) is 13.3. The molecule has 6 nitrogen and oxygen atoms in total. The number of aromatic nitrogens is 1. The van der Waals surface area contributed by atoms with Gasteiger partial charge in [0.15, 0.2) is 0 Å². The molecule has 1 aromatic heterocycles. The third kappa shape index (κ3) is 3.75. The molecule has 1 aliphatic rings. The van der Waals surface area contributed by atoms with Gasteiger partial charge >= 0.3 is 0 Å². The van der Waals surface area contributed by atoms with Crippen molar-refractivity contribution in [2.45, 2.75) is 19.3 Å². The first-order valence-electron chi connectivity index (χ1n) is 9.99. The Morgan fingerprint density at radius 1 is 1.20 bits per heavy atom. The van der Waals surface area contributed by atoms with Crippen LogP contribution in [-0.4, -0.2) is 36.6 Å². The Labute approximate surface area is 180 Å². The van der Waals surface area contributed by atoms with Crippen LogP contribution in [0.2, 0.25) is 5.02 Å². The lowest BCUT2D eigenvalue weighted by molar-refractivity contribution is -0.117. The third-order valence-electron chi connectivity index (χ3n) is 5.55. The number of nitrogens with one attached hydrogen (secondary N) is 1. The summed E-state index contributed by atoms with van der Waals surface area (Å²) in [4.78, 5) is 27.5. The summed E-state index contributed by atoms with van der Waals surface area (Å²) in [7, 11) is 3.46. The van der Waals surface area contributed by atoms with Crippen LogP contribution in [0.4, 0.5) is 5.69 Å². The molecule has 1 fully saturated rings. The molecule has 30 heavy (non-hydrogen) atoms. The number of ether oxygens (including phenoxy) is 1. The second-order valence-corrected chi connectivity index (χ2v) is 7.86. The normalized spacial score (nSPS) is 13.8. The molecule has 0 spiro atoms. The van der Waals surface area contributed by atoms with Crippen LogP contribution in [0.1, 0.15) is 28.9 Å². The van der Waals surface area contributed by atoms with Gasteiger partial charge in [-0.1, -0.05) is 23.7 Å². The van der Waals surface area contributed by atoms with Gasteiger partial charge in [-0.3, -0.25) is 9.59 Å². The largest absolute Gasteiger partial charge is 0.497 e. The van der Waals surface area contributed by atoms with Crippen LogP contribution in [0.3, 0.4) is 0 Å². The quantitative estimate of drug-likeness (QED) is 0.650. The van der Waals surface area contributed by atoms with E-state index >= 15 is 0 Å². The first kappa shape index (κ1) is 20.3. The van der Waals surface area contributed by atoms with Crippen LogP contribution < -0.4 is 15.0 Å². The third-order valence-corrected chi connectivity index (χ3v) is 5.80. The number of carbonyl (C=O) groups excluding carboxylic acids is 2. The number of anilines is 1. The van der Waals surface area contributed by atoms with Crippen molar-refractivity contribution < 1.29 is 14.3 Å². The Morgan fingerprint density at radius 2 is 1.97 bits per heavy atom. The van der Waals surface area contributed by atoms with E-state index in [0.717, 1.165) is 22.9 Å². The van der Waals surface area contributed by atoms with Crippen molar-refractivity contribution in [3.8, 4) is 5.75 Å². The van der Waals surface area contributed by atoms with Crippen molar-refractivity contribution in [3.05, 3.63) is 58.7 Å². The van der Waals surface area contributed by atoms with Gasteiger partial charge in [0.25, 0.3) is 5.91 Å². The summed E-state index contributed by atoms with van der Waals surface area (Å²) in [5.74, 6) is 0.535. The van der Waals surface area contributed by atoms with Gasteiger partial charge in [0.1, 0.15) is 11.4 Å². The van der Waals surface area contributed by atoms with Gasteiger partial charge in [-0.05, 0) is 48.7 Å². The summed E-state index contributed by atoms with van der Waals surface area (Å²) in [6.45, 7) is 1.10. The fourth-order valence-electron chi connectivity index (χ4n) is 4.00. The van der Waals surface area contributed by atoms with E-state index in [9.17, 15) is 9.59 Å². The zero-order valence-corrected chi connectivity index (χ0v) is 17.8. The van der Waals surface area contributed by atoms with E-state index in [2.05, 4.69) is 5.32 Å². The Hall–Kier alpha value is -2.99. The van der Waals surface area contributed by atoms with Gasteiger partial charge in [0.05, 0.1) is 18.3 Å². The Morgan fingerprint density at radius 3 is 2.63 bits per heavy atom. The maximum atomic E-state index is 13.2. The topological polar surface area (TPSA) is 63.6 Å². The number of hydrogen-bond acceptors (Lipinski definition) is 3. The lowest BCUT2D eigenvalue weighted by atomic mass is 10.1. The fraction of sp³-hybridized carbons (Fsp3) is 0.304. The van der Waals surface area contributed by atoms with Gasteiger partial charge in [0, 0.05) is 37.0 Å². The van der Waals surface area contributed by atoms with Gasteiger partial charge in [-0.25, -0.2) is 0 Å². The van der Waals surface area contributed by atoms with Gasteiger partial charge in [-0.15, -0.1) is 0 Å². The molecule has 7 heteroatoms. The van der Waals surface area contributed by atoms with Gasteiger partial charge in [0.2, 0.25) is 5.91 Å².